The van der Waals surface area contributed by atoms with E-state index < -0.39 is 0 Å². The zero-order valence-corrected chi connectivity index (χ0v) is 28.7. The van der Waals surface area contributed by atoms with Gasteiger partial charge in [-0.05, 0) is 0 Å². The van der Waals surface area contributed by atoms with E-state index in [2.05, 4.69) is 15.9 Å². The fourth-order valence-corrected chi connectivity index (χ4v) is 3.61. The van der Waals surface area contributed by atoms with Crippen molar-refractivity contribution in [2.75, 3.05) is 170 Å². The number of nitrogens with zero attached hydrogens (tertiary/aromatic N) is 1. The van der Waals surface area contributed by atoms with Crippen LogP contribution >= 0.6 is 15.9 Å². The summed E-state index contributed by atoms with van der Waals surface area (Å²) in [5.41, 5.74) is 0. The van der Waals surface area contributed by atoms with Crippen molar-refractivity contribution in [3.8, 4) is 0 Å². The predicted molar refractivity (Wildman–Crippen MR) is 169 cm³/mol. The molecule has 0 atom stereocenters. The number of carbonyl (C=O) groups excluding carboxylic acids is 2. The van der Waals surface area contributed by atoms with Gasteiger partial charge in [0.25, 0.3) is 11.8 Å². The van der Waals surface area contributed by atoms with Crippen LogP contribution in [0.4, 0.5) is 0 Å². The first-order chi connectivity index (χ1) is 22.8. The molecule has 0 unspecified atom stereocenters. The van der Waals surface area contributed by atoms with Gasteiger partial charge in [0.15, 0.2) is 0 Å². The van der Waals surface area contributed by atoms with E-state index in [0.29, 0.717) is 152 Å². The molecule has 270 valence electrons. The lowest BCUT2D eigenvalue weighted by Crippen LogP contribution is -2.33. The first-order valence-electron chi connectivity index (χ1n) is 15.8. The Morgan fingerprint density at radius 3 is 0.761 bits per heavy atom. The Bertz CT molecular complexity index is 703. The van der Waals surface area contributed by atoms with Gasteiger partial charge in [0.2, 0.25) is 0 Å². The Hall–Kier alpha value is -1.12. The summed E-state index contributed by atoms with van der Waals surface area (Å²) in [5, 5.41) is 0.832. The van der Waals surface area contributed by atoms with Crippen molar-refractivity contribution < 1.29 is 66.4 Å². The van der Waals surface area contributed by atoms with Gasteiger partial charge in [-0.3, -0.25) is 14.5 Å². The van der Waals surface area contributed by atoms with Gasteiger partial charge < -0.3 is 56.8 Å². The highest BCUT2D eigenvalue weighted by atomic mass is 79.9. The number of carbonyl (C=O) groups is 2. The Morgan fingerprint density at radius 1 is 0.348 bits per heavy atom. The van der Waals surface area contributed by atoms with Gasteiger partial charge in [-0.25, -0.2) is 0 Å². The van der Waals surface area contributed by atoms with Crippen molar-refractivity contribution in [3.05, 3.63) is 12.2 Å². The molecule has 0 saturated carbocycles. The van der Waals surface area contributed by atoms with Gasteiger partial charge in [0.05, 0.1) is 165 Å². The van der Waals surface area contributed by atoms with Gasteiger partial charge in [0, 0.05) is 17.5 Å². The zero-order valence-electron chi connectivity index (χ0n) is 27.1. The van der Waals surface area contributed by atoms with Crippen LogP contribution in [-0.4, -0.2) is 187 Å². The van der Waals surface area contributed by atoms with E-state index in [1.807, 2.05) is 0 Å². The van der Waals surface area contributed by atoms with E-state index in [4.69, 9.17) is 56.8 Å². The van der Waals surface area contributed by atoms with E-state index >= 15 is 0 Å². The lowest BCUT2D eigenvalue weighted by Gasteiger charge is -2.13. The van der Waals surface area contributed by atoms with Gasteiger partial charge in [-0.15, -0.1) is 0 Å². The van der Waals surface area contributed by atoms with Gasteiger partial charge >= 0.3 is 0 Å². The second-order valence-electron chi connectivity index (χ2n) is 9.20. The van der Waals surface area contributed by atoms with Crippen LogP contribution in [0, 0.1) is 0 Å². The maximum absolute atomic E-state index is 11.4. The van der Waals surface area contributed by atoms with Crippen LogP contribution in [0.2, 0.25) is 0 Å². The van der Waals surface area contributed by atoms with Crippen molar-refractivity contribution in [1.82, 2.24) is 4.90 Å². The minimum atomic E-state index is -0.307. The summed E-state index contributed by atoms with van der Waals surface area (Å²) >= 11 is 3.30. The highest BCUT2D eigenvalue weighted by Gasteiger charge is 2.22. The molecule has 1 aliphatic heterocycles. The maximum atomic E-state index is 11.4. The average Bonchev–Trinajstić information content (AvgIpc) is 3.38. The molecule has 0 fully saturated rings. The number of ether oxygens (including phenoxy) is 12. The van der Waals surface area contributed by atoms with Crippen LogP contribution in [0.5, 0.6) is 0 Å². The molecule has 0 radical (unpaired) electrons. The molecule has 0 N–H and O–H groups in total. The second-order valence-corrected chi connectivity index (χ2v) is 9.99. The fraction of sp³-hybridized carbons (Fsp3) is 0.867. The molecule has 15 nitrogen and oxygen atoms in total. The average molecular weight is 733 g/mol. The molecule has 16 heteroatoms. The highest BCUT2D eigenvalue weighted by Crippen LogP contribution is 2.02. The smallest absolute Gasteiger partial charge is 0.253 e. The number of hydrogen-bond acceptors (Lipinski definition) is 14. The summed E-state index contributed by atoms with van der Waals surface area (Å²) in [5.74, 6) is -0.613. The molecule has 0 aromatic carbocycles. The van der Waals surface area contributed by atoms with E-state index in [1.165, 1.54) is 12.2 Å². The van der Waals surface area contributed by atoms with Gasteiger partial charge in [-0.1, -0.05) is 15.9 Å². The van der Waals surface area contributed by atoms with E-state index in [0.717, 1.165) is 10.2 Å². The fourth-order valence-electron chi connectivity index (χ4n) is 3.38. The van der Waals surface area contributed by atoms with E-state index in [1.54, 1.807) is 0 Å². The molecule has 0 saturated heterocycles. The Balaban J connectivity index is 1.62. The third-order valence-electron chi connectivity index (χ3n) is 5.67. The Labute approximate surface area is 281 Å². The molecule has 0 bridgehead atoms. The molecule has 0 aromatic heterocycles. The number of halogens is 1. The molecule has 0 aliphatic carbocycles. The topological polar surface area (TPSA) is 148 Å². The molecule has 1 heterocycles. The molecule has 1 rings (SSSR count). The Kier molecular flexibility index (Phi) is 32.8. The van der Waals surface area contributed by atoms with Crippen molar-refractivity contribution in [2.24, 2.45) is 0 Å². The van der Waals surface area contributed by atoms with E-state index in [9.17, 15) is 9.59 Å². The van der Waals surface area contributed by atoms with E-state index in [-0.39, 0.29) is 25.0 Å². The maximum Gasteiger partial charge on any atom is 0.253 e. The normalized spacial score (nSPS) is 13.1. The van der Waals surface area contributed by atoms with Crippen LogP contribution in [0.3, 0.4) is 0 Å². The molecule has 2 amide bonds. The molecule has 0 aromatic rings. The highest BCUT2D eigenvalue weighted by molar-refractivity contribution is 9.09. The predicted octanol–water partition coefficient (Wildman–Crippen LogP) is 0.506. The monoisotopic (exact) mass is 731 g/mol. The summed E-state index contributed by atoms with van der Waals surface area (Å²) in [6.45, 7) is 12.1. The first-order valence-corrected chi connectivity index (χ1v) is 16.9. The third kappa shape index (κ3) is 29.1. The quantitative estimate of drug-likeness (QED) is 0.0493. The minimum Gasteiger partial charge on any atom is -0.378 e. The zero-order chi connectivity index (χ0) is 33.0. The largest absolute Gasteiger partial charge is 0.378 e. The van der Waals surface area contributed by atoms with Gasteiger partial charge in [0.1, 0.15) is 0 Å². The summed E-state index contributed by atoms with van der Waals surface area (Å²) in [7, 11) is 0. The van der Waals surface area contributed by atoms with Crippen molar-refractivity contribution >= 4 is 27.7 Å². The number of amides is 2. The van der Waals surface area contributed by atoms with Crippen molar-refractivity contribution in [3.63, 3.8) is 0 Å². The SMILES string of the molecule is O=C1C=CC(=O)N1CCOCCOCCOCCOCCOCCOCCOCCOCCOCCOCCOCCOCCBr. The number of rotatable bonds is 38. The van der Waals surface area contributed by atoms with Crippen LogP contribution in [-0.2, 0) is 66.4 Å². The van der Waals surface area contributed by atoms with Gasteiger partial charge in [-0.2, -0.15) is 0 Å². The molecular formula is C30H54BrNO14. The summed E-state index contributed by atoms with van der Waals surface area (Å²) in [6.07, 6.45) is 2.51. The molecular weight excluding hydrogens is 678 g/mol. The molecule has 1 aliphatic rings. The summed E-state index contributed by atoms with van der Waals surface area (Å²) in [6, 6.07) is 0. The third-order valence-corrected chi connectivity index (χ3v) is 6.00. The van der Waals surface area contributed by atoms with Crippen LogP contribution in [0.1, 0.15) is 0 Å². The molecule has 46 heavy (non-hydrogen) atoms. The van der Waals surface area contributed by atoms with Crippen LogP contribution < -0.4 is 0 Å². The molecule has 0 spiro atoms. The van der Waals surface area contributed by atoms with Crippen molar-refractivity contribution in [2.45, 2.75) is 0 Å². The summed E-state index contributed by atoms with van der Waals surface area (Å²) < 4.78 is 65.1. The minimum absolute atomic E-state index is 0.239. The lowest BCUT2D eigenvalue weighted by molar-refractivity contribution is -0.137. The van der Waals surface area contributed by atoms with Crippen LogP contribution in [0.25, 0.3) is 0 Å². The number of alkyl halides is 1. The first kappa shape index (κ1) is 42.9. The number of hydrogen-bond donors (Lipinski definition) is 0. The van der Waals surface area contributed by atoms with Crippen LogP contribution in [0.15, 0.2) is 12.2 Å². The summed E-state index contributed by atoms with van der Waals surface area (Å²) in [4.78, 5) is 23.9. The Morgan fingerprint density at radius 2 is 0.543 bits per heavy atom. The van der Waals surface area contributed by atoms with Crippen molar-refractivity contribution in [1.29, 1.82) is 0 Å². The number of imide groups is 1. The lowest BCUT2D eigenvalue weighted by atomic mass is 10.5. The second kappa shape index (κ2) is 35.2. The standard InChI is InChI=1S/C30H54BrNO14/c31-3-5-35-7-9-37-11-13-39-15-17-41-19-21-43-23-25-45-27-28-46-26-24-44-22-20-42-18-16-40-14-12-38-10-8-36-6-4-32-29(33)1-2-30(32)34/h1-2H,3-28H2.